The summed E-state index contributed by atoms with van der Waals surface area (Å²) in [7, 11) is 1.74. The minimum Gasteiger partial charge on any atom is -0.493 e. The van der Waals surface area contributed by atoms with Crippen LogP contribution in [0.2, 0.25) is 0 Å². The molecule has 1 aromatic rings. The molecule has 1 N–H and O–H groups in total. The third-order valence-corrected chi connectivity index (χ3v) is 4.07. The average Bonchev–Trinajstić information content (AvgIpc) is 2.77. The fraction of sp³-hybridized carbons (Fsp3) is 0.647. The SMILES string of the molecule is COC(C)(C)CCOc1ccc(N2CCCNCC2)cc1. The van der Waals surface area contributed by atoms with Crippen LogP contribution in [0.1, 0.15) is 26.7 Å². The summed E-state index contributed by atoms with van der Waals surface area (Å²) >= 11 is 0. The van der Waals surface area contributed by atoms with Crippen molar-refractivity contribution in [2.24, 2.45) is 0 Å². The Labute approximate surface area is 128 Å². The van der Waals surface area contributed by atoms with E-state index in [1.807, 2.05) is 0 Å². The average molecular weight is 292 g/mol. The van der Waals surface area contributed by atoms with Crippen LogP contribution in [0.15, 0.2) is 24.3 Å². The number of hydrogen-bond donors (Lipinski definition) is 1. The van der Waals surface area contributed by atoms with Gasteiger partial charge in [0, 0.05) is 38.9 Å². The van der Waals surface area contributed by atoms with E-state index in [9.17, 15) is 0 Å². The maximum atomic E-state index is 5.80. The molecular formula is C17H28N2O2. The van der Waals surface area contributed by atoms with Gasteiger partial charge in [0.15, 0.2) is 0 Å². The molecule has 1 aromatic carbocycles. The van der Waals surface area contributed by atoms with Gasteiger partial charge in [-0.1, -0.05) is 0 Å². The molecule has 0 radical (unpaired) electrons. The van der Waals surface area contributed by atoms with Crippen LogP contribution in [0.25, 0.3) is 0 Å². The lowest BCUT2D eigenvalue weighted by Crippen LogP contribution is -2.27. The molecule has 4 nitrogen and oxygen atoms in total. The Kier molecular flexibility index (Phi) is 5.88. The summed E-state index contributed by atoms with van der Waals surface area (Å²) in [5.74, 6) is 0.929. The lowest BCUT2D eigenvalue weighted by molar-refractivity contribution is 0.00546. The van der Waals surface area contributed by atoms with Gasteiger partial charge in [0.2, 0.25) is 0 Å². The Hall–Kier alpha value is -1.26. The van der Waals surface area contributed by atoms with Crippen molar-refractivity contribution < 1.29 is 9.47 Å². The molecule has 21 heavy (non-hydrogen) atoms. The number of methoxy groups -OCH3 is 1. The molecule has 0 aromatic heterocycles. The maximum absolute atomic E-state index is 5.80. The summed E-state index contributed by atoms with van der Waals surface area (Å²) in [6.07, 6.45) is 2.08. The summed E-state index contributed by atoms with van der Waals surface area (Å²) in [6, 6.07) is 8.44. The van der Waals surface area contributed by atoms with Gasteiger partial charge in [-0.05, 0) is 51.1 Å². The fourth-order valence-corrected chi connectivity index (χ4v) is 2.37. The molecule has 4 heteroatoms. The number of benzene rings is 1. The van der Waals surface area contributed by atoms with Crippen molar-refractivity contribution in [2.45, 2.75) is 32.3 Å². The second-order valence-corrected chi connectivity index (χ2v) is 6.15. The van der Waals surface area contributed by atoms with E-state index in [0.29, 0.717) is 6.61 Å². The van der Waals surface area contributed by atoms with E-state index in [-0.39, 0.29) is 5.60 Å². The summed E-state index contributed by atoms with van der Waals surface area (Å²) in [5, 5.41) is 3.43. The molecule has 0 aliphatic carbocycles. The Morgan fingerprint density at radius 3 is 2.62 bits per heavy atom. The first-order valence-electron chi connectivity index (χ1n) is 7.84. The zero-order valence-electron chi connectivity index (χ0n) is 13.5. The van der Waals surface area contributed by atoms with Crippen molar-refractivity contribution in [3.8, 4) is 5.75 Å². The van der Waals surface area contributed by atoms with Gasteiger partial charge in [-0.15, -0.1) is 0 Å². The van der Waals surface area contributed by atoms with Crippen molar-refractivity contribution >= 4 is 5.69 Å². The highest BCUT2D eigenvalue weighted by atomic mass is 16.5. The highest BCUT2D eigenvalue weighted by Crippen LogP contribution is 2.21. The second-order valence-electron chi connectivity index (χ2n) is 6.15. The number of nitrogens with one attached hydrogen (secondary N) is 1. The second kappa shape index (κ2) is 7.66. The normalized spacial score (nSPS) is 16.6. The van der Waals surface area contributed by atoms with Gasteiger partial charge in [-0.25, -0.2) is 0 Å². The molecule has 0 saturated carbocycles. The zero-order chi connectivity index (χ0) is 15.1. The Morgan fingerprint density at radius 1 is 1.14 bits per heavy atom. The first-order valence-corrected chi connectivity index (χ1v) is 7.84. The topological polar surface area (TPSA) is 33.7 Å². The largest absolute Gasteiger partial charge is 0.493 e. The Bertz CT molecular complexity index is 409. The van der Waals surface area contributed by atoms with E-state index >= 15 is 0 Å². The molecule has 118 valence electrons. The monoisotopic (exact) mass is 292 g/mol. The number of ether oxygens (including phenoxy) is 2. The van der Waals surface area contributed by atoms with Crippen molar-refractivity contribution in [3.63, 3.8) is 0 Å². The van der Waals surface area contributed by atoms with Gasteiger partial charge in [0.1, 0.15) is 5.75 Å². The van der Waals surface area contributed by atoms with Crippen LogP contribution in [-0.2, 0) is 4.74 Å². The van der Waals surface area contributed by atoms with Crippen LogP contribution in [0.4, 0.5) is 5.69 Å². The number of anilines is 1. The number of rotatable bonds is 6. The molecule has 0 atom stereocenters. The zero-order valence-corrected chi connectivity index (χ0v) is 13.5. The maximum Gasteiger partial charge on any atom is 0.119 e. The van der Waals surface area contributed by atoms with E-state index in [4.69, 9.17) is 9.47 Å². The molecule has 0 bridgehead atoms. The van der Waals surface area contributed by atoms with E-state index in [0.717, 1.165) is 38.3 Å². The van der Waals surface area contributed by atoms with Gasteiger partial charge >= 0.3 is 0 Å². The molecule has 2 rings (SSSR count). The predicted molar refractivity (Wildman–Crippen MR) is 87.3 cm³/mol. The van der Waals surface area contributed by atoms with Gasteiger partial charge in [0.05, 0.1) is 12.2 Å². The molecule has 0 spiro atoms. The standard InChI is InChI=1S/C17H28N2O2/c1-17(2,20-3)9-14-21-16-7-5-15(6-8-16)19-12-4-10-18-11-13-19/h5-8,18H,4,9-14H2,1-3H3. The van der Waals surface area contributed by atoms with E-state index in [2.05, 4.69) is 48.3 Å². The van der Waals surface area contributed by atoms with Crippen LogP contribution in [0.5, 0.6) is 5.75 Å². The van der Waals surface area contributed by atoms with Crippen molar-refractivity contribution in [1.82, 2.24) is 5.32 Å². The minimum atomic E-state index is -0.126. The molecular weight excluding hydrogens is 264 g/mol. The van der Waals surface area contributed by atoms with Crippen LogP contribution in [0.3, 0.4) is 0 Å². The first-order chi connectivity index (χ1) is 10.1. The smallest absolute Gasteiger partial charge is 0.119 e. The quantitative estimate of drug-likeness (QED) is 0.874. The lowest BCUT2D eigenvalue weighted by atomic mass is 10.1. The molecule has 1 aliphatic heterocycles. The summed E-state index contributed by atoms with van der Waals surface area (Å²) in [6.45, 7) is 9.20. The van der Waals surface area contributed by atoms with Crippen molar-refractivity contribution in [1.29, 1.82) is 0 Å². The van der Waals surface area contributed by atoms with E-state index < -0.39 is 0 Å². The van der Waals surface area contributed by atoms with E-state index in [1.165, 1.54) is 12.1 Å². The van der Waals surface area contributed by atoms with Crippen LogP contribution in [0, 0.1) is 0 Å². The van der Waals surface area contributed by atoms with Crippen LogP contribution < -0.4 is 15.0 Å². The predicted octanol–water partition coefficient (Wildman–Crippen LogP) is 2.68. The summed E-state index contributed by atoms with van der Waals surface area (Å²) in [4.78, 5) is 2.43. The molecule has 1 heterocycles. The summed E-state index contributed by atoms with van der Waals surface area (Å²) < 4.78 is 11.2. The molecule has 0 amide bonds. The van der Waals surface area contributed by atoms with Gasteiger partial charge in [-0.2, -0.15) is 0 Å². The van der Waals surface area contributed by atoms with Crippen molar-refractivity contribution in [2.75, 3.05) is 44.8 Å². The molecule has 1 aliphatic rings. The summed E-state index contributed by atoms with van der Waals surface area (Å²) in [5.41, 5.74) is 1.15. The number of hydrogen-bond acceptors (Lipinski definition) is 4. The van der Waals surface area contributed by atoms with Gasteiger partial charge in [0.25, 0.3) is 0 Å². The molecule has 1 saturated heterocycles. The van der Waals surface area contributed by atoms with Gasteiger partial charge < -0.3 is 19.7 Å². The highest BCUT2D eigenvalue weighted by Gasteiger charge is 2.16. The third-order valence-electron chi connectivity index (χ3n) is 4.07. The number of nitrogens with zero attached hydrogens (tertiary/aromatic N) is 1. The fourth-order valence-electron chi connectivity index (χ4n) is 2.37. The van der Waals surface area contributed by atoms with E-state index in [1.54, 1.807) is 7.11 Å². The van der Waals surface area contributed by atoms with Gasteiger partial charge in [-0.3, -0.25) is 0 Å². The minimum absolute atomic E-state index is 0.126. The Balaban J connectivity index is 1.84. The first kappa shape index (κ1) is 16.1. The highest BCUT2D eigenvalue weighted by molar-refractivity contribution is 5.49. The molecule has 1 fully saturated rings. The lowest BCUT2D eigenvalue weighted by Gasteiger charge is -2.23. The Morgan fingerprint density at radius 2 is 1.90 bits per heavy atom. The molecule has 0 unspecified atom stereocenters. The van der Waals surface area contributed by atoms with Crippen molar-refractivity contribution in [3.05, 3.63) is 24.3 Å². The third kappa shape index (κ3) is 5.21. The van der Waals surface area contributed by atoms with Crippen LogP contribution >= 0.6 is 0 Å². The van der Waals surface area contributed by atoms with Crippen LogP contribution in [-0.4, -0.2) is 45.5 Å².